The molecule has 0 radical (unpaired) electrons. The Morgan fingerprint density at radius 2 is 1.47 bits per heavy atom. The fourth-order valence-electron chi connectivity index (χ4n) is 1.32. The summed E-state index contributed by atoms with van der Waals surface area (Å²) in [7, 11) is 0. The quantitative estimate of drug-likeness (QED) is 0.275. The summed E-state index contributed by atoms with van der Waals surface area (Å²) < 4.78 is 69.8. The summed E-state index contributed by atoms with van der Waals surface area (Å²) in [6, 6.07) is 0. The smallest absolute Gasteiger partial charge is 0.320 e. The van der Waals surface area contributed by atoms with Crippen molar-refractivity contribution < 1.29 is 31.5 Å². The number of ether oxygens (including phenoxy) is 1. The normalized spacial score (nSPS) is 12.4. The van der Waals surface area contributed by atoms with Gasteiger partial charge in [-0.25, -0.2) is 22.0 Å². The minimum absolute atomic E-state index is 0.0258. The fraction of sp³-hybridized carbons (Fsp3) is 0.364. The Hall–Kier alpha value is -1.18. The zero-order valence-corrected chi connectivity index (χ0v) is 11.2. The van der Waals surface area contributed by atoms with Gasteiger partial charge < -0.3 is 4.74 Å². The van der Waals surface area contributed by atoms with Gasteiger partial charge in [-0.15, -0.1) is 0 Å². The Balaban J connectivity index is 3.12. The third-order valence-corrected chi connectivity index (χ3v) is 2.92. The van der Waals surface area contributed by atoms with Crippen molar-refractivity contribution in [3.63, 3.8) is 0 Å². The van der Waals surface area contributed by atoms with Gasteiger partial charge in [0.1, 0.15) is 4.83 Å². The molecule has 0 aromatic heterocycles. The van der Waals surface area contributed by atoms with Crippen LogP contribution in [0.3, 0.4) is 0 Å². The molecule has 0 fully saturated rings. The van der Waals surface area contributed by atoms with E-state index in [2.05, 4.69) is 20.7 Å². The number of carbonyl (C=O) groups excluding carboxylic acids is 1. The molecule has 1 atom stereocenters. The van der Waals surface area contributed by atoms with E-state index in [1.54, 1.807) is 0 Å². The van der Waals surface area contributed by atoms with E-state index < -0.39 is 51.9 Å². The summed E-state index contributed by atoms with van der Waals surface area (Å²) in [5.41, 5.74) is -1.06. The minimum Gasteiger partial charge on any atom is -0.465 e. The molecule has 1 aromatic carbocycles. The SMILES string of the molecule is CCOC(=O)C(Br)Cc1c(F)c(F)c(F)c(F)c1F. The molecular weight excluding hydrogens is 339 g/mol. The van der Waals surface area contributed by atoms with E-state index in [9.17, 15) is 26.7 Å². The summed E-state index contributed by atoms with van der Waals surface area (Å²) >= 11 is 2.77. The molecule has 0 saturated carbocycles. The summed E-state index contributed by atoms with van der Waals surface area (Å²) in [4.78, 5) is 10.0. The average molecular weight is 347 g/mol. The average Bonchev–Trinajstić information content (AvgIpc) is 2.39. The number of esters is 1. The van der Waals surface area contributed by atoms with Crippen LogP contribution in [0.4, 0.5) is 22.0 Å². The highest BCUT2D eigenvalue weighted by Crippen LogP contribution is 2.25. The van der Waals surface area contributed by atoms with Crippen molar-refractivity contribution in [3.8, 4) is 0 Å². The van der Waals surface area contributed by atoms with E-state index >= 15 is 0 Å². The summed E-state index contributed by atoms with van der Waals surface area (Å²) in [5.74, 6) is -11.1. The summed E-state index contributed by atoms with van der Waals surface area (Å²) in [6.45, 7) is 1.54. The maximum atomic E-state index is 13.3. The number of carbonyl (C=O) groups is 1. The number of rotatable bonds is 4. The van der Waals surface area contributed by atoms with E-state index in [-0.39, 0.29) is 6.61 Å². The monoisotopic (exact) mass is 346 g/mol. The lowest BCUT2D eigenvalue weighted by molar-refractivity contribution is -0.142. The molecule has 0 aliphatic heterocycles. The number of benzene rings is 1. The van der Waals surface area contributed by atoms with Crippen LogP contribution in [0.1, 0.15) is 12.5 Å². The third-order valence-electron chi connectivity index (χ3n) is 2.23. The molecule has 2 nitrogen and oxygen atoms in total. The first-order valence-electron chi connectivity index (χ1n) is 5.12. The highest BCUT2D eigenvalue weighted by atomic mass is 79.9. The molecule has 0 saturated heterocycles. The Labute approximate surface area is 113 Å². The van der Waals surface area contributed by atoms with E-state index in [1.165, 1.54) is 6.92 Å². The van der Waals surface area contributed by atoms with Gasteiger partial charge in [-0.1, -0.05) is 15.9 Å². The lowest BCUT2D eigenvalue weighted by atomic mass is 10.1. The number of alkyl halides is 1. The molecule has 0 heterocycles. The molecular formula is C11H8BrF5O2. The van der Waals surface area contributed by atoms with Crippen LogP contribution in [0.5, 0.6) is 0 Å². The van der Waals surface area contributed by atoms with Gasteiger partial charge in [0.2, 0.25) is 5.82 Å². The first kappa shape index (κ1) is 15.9. The molecule has 0 bridgehead atoms. The lowest BCUT2D eigenvalue weighted by Gasteiger charge is -2.11. The topological polar surface area (TPSA) is 26.3 Å². The molecule has 1 rings (SSSR count). The Morgan fingerprint density at radius 1 is 1.05 bits per heavy atom. The zero-order valence-electron chi connectivity index (χ0n) is 9.58. The second-order valence-corrected chi connectivity index (χ2v) is 4.58. The van der Waals surface area contributed by atoms with Crippen LogP contribution in [-0.4, -0.2) is 17.4 Å². The fourth-order valence-corrected chi connectivity index (χ4v) is 1.78. The van der Waals surface area contributed by atoms with Gasteiger partial charge in [0.05, 0.1) is 6.61 Å². The van der Waals surface area contributed by atoms with Gasteiger partial charge in [-0.05, 0) is 6.92 Å². The minimum atomic E-state index is -2.24. The van der Waals surface area contributed by atoms with Gasteiger partial charge in [0.25, 0.3) is 0 Å². The van der Waals surface area contributed by atoms with E-state index in [1.807, 2.05) is 0 Å². The van der Waals surface area contributed by atoms with Gasteiger partial charge in [0.15, 0.2) is 23.3 Å². The van der Waals surface area contributed by atoms with Crippen molar-refractivity contribution in [2.75, 3.05) is 6.61 Å². The van der Waals surface area contributed by atoms with Gasteiger partial charge in [-0.2, -0.15) is 0 Å². The van der Waals surface area contributed by atoms with Crippen LogP contribution in [0.25, 0.3) is 0 Å². The maximum absolute atomic E-state index is 13.3. The zero-order chi connectivity index (χ0) is 14.7. The second kappa shape index (κ2) is 6.31. The molecule has 1 aromatic rings. The second-order valence-electron chi connectivity index (χ2n) is 3.47. The van der Waals surface area contributed by atoms with Crippen LogP contribution < -0.4 is 0 Å². The van der Waals surface area contributed by atoms with Gasteiger partial charge in [0, 0.05) is 12.0 Å². The van der Waals surface area contributed by atoms with Crippen LogP contribution in [0, 0.1) is 29.1 Å². The highest BCUT2D eigenvalue weighted by Gasteiger charge is 2.28. The lowest BCUT2D eigenvalue weighted by Crippen LogP contribution is -2.22. The third kappa shape index (κ3) is 3.23. The Kier molecular flexibility index (Phi) is 5.28. The summed E-state index contributed by atoms with van der Waals surface area (Å²) in [6.07, 6.45) is -0.718. The standard InChI is InChI=1S/C11H8BrF5O2/c1-2-19-11(18)5(12)3-4-6(13)8(15)10(17)9(16)7(4)14/h5H,2-3H2,1H3. The van der Waals surface area contributed by atoms with Crippen LogP contribution in [0.15, 0.2) is 0 Å². The van der Waals surface area contributed by atoms with Gasteiger partial charge in [-0.3, -0.25) is 4.79 Å². The number of hydrogen-bond donors (Lipinski definition) is 0. The predicted octanol–water partition coefficient (Wildman–Crippen LogP) is 3.25. The number of hydrogen-bond acceptors (Lipinski definition) is 2. The van der Waals surface area contributed by atoms with Crippen molar-refractivity contribution in [3.05, 3.63) is 34.6 Å². The van der Waals surface area contributed by atoms with Gasteiger partial charge >= 0.3 is 5.97 Å². The van der Waals surface area contributed by atoms with Crippen molar-refractivity contribution >= 4 is 21.9 Å². The van der Waals surface area contributed by atoms with Crippen LogP contribution >= 0.6 is 15.9 Å². The maximum Gasteiger partial charge on any atom is 0.320 e. The van der Waals surface area contributed by atoms with Crippen molar-refractivity contribution in [1.82, 2.24) is 0 Å². The molecule has 0 aliphatic rings. The van der Waals surface area contributed by atoms with E-state index in [4.69, 9.17) is 0 Å². The van der Waals surface area contributed by atoms with Crippen molar-refractivity contribution in [2.24, 2.45) is 0 Å². The first-order valence-corrected chi connectivity index (χ1v) is 6.03. The Morgan fingerprint density at radius 3 is 1.89 bits per heavy atom. The highest BCUT2D eigenvalue weighted by molar-refractivity contribution is 9.10. The van der Waals surface area contributed by atoms with E-state index in [0.717, 1.165) is 0 Å². The Bertz CT molecular complexity index is 477. The van der Waals surface area contributed by atoms with Crippen LogP contribution in [-0.2, 0) is 16.0 Å². The molecule has 0 aliphatic carbocycles. The van der Waals surface area contributed by atoms with Crippen molar-refractivity contribution in [2.45, 2.75) is 18.2 Å². The first-order chi connectivity index (χ1) is 8.81. The van der Waals surface area contributed by atoms with E-state index in [0.29, 0.717) is 0 Å². The van der Waals surface area contributed by atoms with Crippen LogP contribution in [0.2, 0.25) is 0 Å². The molecule has 0 spiro atoms. The predicted molar refractivity (Wildman–Crippen MR) is 59.3 cm³/mol. The molecule has 8 heteroatoms. The molecule has 1 unspecified atom stereocenters. The summed E-state index contributed by atoms with van der Waals surface area (Å²) in [5, 5.41) is 0. The number of halogens is 6. The molecule has 19 heavy (non-hydrogen) atoms. The van der Waals surface area contributed by atoms with Crippen molar-refractivity contribution in [1.29, 1.82) is 0 Å². The molecule has 106 valence electrons. The molecule has 0 N–H and O–H groups in total. The molecule has 0 amide bonds. The largest absolute Gasteiger partial charge is 0.465 e.